The molecule has 1 unspecified atom stereocenters. The summed E-state index contributed by atoms with van der Waals surface area (Å²) in [5.41, 5.74) is 5.36. The van der Waals surface area contributed by atoms with Crippen molar-refractivity contribution in [2.45, 2.75) is 238 Å². The molecule has 0 aliphatic carbocycles. The largest absolute Gasteiger partial charge is 0.472 e. The number of hydrogen-bond donors (Lipinski definition) is 2. The van der Waals surface area contributed by atoms with Crippen LogP contribution in [-0.2, 0) is 32.7 Å². The van der Waals surface area contributed by atoms with Crippen molar-refractivity contribution in [2.24, 2.45) is 5.73 Å². The quantitative estimate of drug-likeness (QED) is 0.0265. The fourth-order valence-corrected chi connectivity index (χ4v) is 7.80. The van der Waals surface area contributed by atoms with Gasteiger partial charge in [0, 0.05) is 19.4 Å². The maximum atomic E-state index is 12.6. The molecule has 0 saturated carbocycles. The van der Waals surface area contributed by atoms with Gasteiger partial charge in [0.15, 0.2) is 6.10 Å². The Balaban J connectivity index is 4.14. The van der Waals surface area contributed by atoms with Gasteiger partial charge in [0.2, 0.25) is 0 Å². The number of phosphoric acid groups is 1. The van der Waals surface area contributed by atoms with Crippen molar-refractivity contribution >= 4 is 19.8 Å². The molecule has 0 rings (SSSR count). The zero-order valence-corrected chi connectivity index (χ0v) is 41.4. The number of allylic oxidation sites excluding steroid dienone is 10. The van der Waals surface area contributed by atoms with Crippen LogP contribution in [-0.4, -0.2) is 49.3 Å². The van der Waals surface area contributed by atoms with E-state index in [1.165, 1.54) is 148 Å². The smallest absolute Gasteiger partial charge is 0.462 e. The molecular formula is C53H96NO8P. The van der Waals surface area contributed by atoms with E-state index in [0.29, 0.717) is 12.8 Å². The third kappa shape index (κ3) is 49.0. The number of ether oxygens (including phenoxy) is 2. The van der Waals surface area contributed by atoms with Gasteiger partial charge in [0.05, 0.1) is 13.2 Å². The highest BCUT2D eigenvalue weighted by molar-refractivity contribution is 7.47. The molecule has 0 spiro atoms. The Morgan fingerprint density at radius 3 is 1.29 bits per heavy atom. The van der Waals surface area contributed by atoms with Crippen LogP contribution in [0.5, 0.6) is 0 Å². The molecule has 0 aromatic heterocycles. The topological polar surface area (TPSA) is 134 Å². The number of esters is 2. The maximum absolute atomic E-state index is 12.6. The summed E-state index contributed by atoms with van der Waals surface area (Å²) in [6.07, 6.45) is 59.8. The number of nitrogens with two attached hydrogens (primary N) is 1. The van der Waals surface area contributed by atoms with Crippen molar-refractivity contribution in [3.8, 4) is 0 Å². The van der Waals surface area contributed by atoms with Crippen LogP contribution in [0.25, 0.3) is 0 Å². The fraction of sp³-hybridized carbons (Fsp3) is 0.774. The summed E-state index contributed by atoms with van der Waals surface area (Å²) < 4.78 is 32.9. The van der Waals surface area contributed by atoms with E-state index in [4.69, 9.17) is 24.3 Å². The van der Waals surface area contributed by atoms with Gasteiger partial charge in [-0.25, -0.2) is 4.57 Å². The van der Waals surface area contributed by atoms with Crippen LogP contribution >= 0.6 is 7.82 Å². The van der Waals surface area contributed by atoms with E-state index >= 15 is 0 Å². The highest BCUT2D eigenvalue weighted by atomic mass is 31.2. The average molecular weight is 906 g/mol. The summed E-state index contributed by atoms with van der Waals surface area (Å²) in [5.74, 6) is -0.891. The Morgan fingerprint density at radius 1 is 0.476 bits per heavy atom. The Kier molecular flexibility index (Phi) is 47.4. The molecule has 0 amide bonds. The molecule has 0 fully saturated rings. The molecule has 2 atom stereocenters. The van der Waals surface area contributed by atoms with Gasteiger partial charge in [-0.15, -0.1) is 0 Å². The number of carbonyl (C=O) groups excluding carboxylic acids is 2. The van der Waals surface area contributed by atoms with Gasteiger partial charge in [0.25, 0.3) is 0 Å². The molecule has 10 heteroatoms. The van der Waals surface area contributed by atoms with E-state index < -0.39 is 32.5 Å². The lowest BCUT2D eigenvalue weighted by atomic mass is 10.0. The van der Waals surface area contributed by atoms with Crippen molar-refractivity contribution in [2.75, 3.05) is 26.4 Å². The molecule has 366 valence electrons. The van der Waals surface area contributed by atoms with Crippen LogP contribution in [0.4, 0.5) is 0 Å². The molecular weight excluding hydrogens is 810 g/mol. The predicted molar refractivity (Wildman–Crippen MR) is 266 cm³/mol. The molecule has 0 bridgehead atoms. The summed E-state index contributed by atoms with van der Waals surface area (Å²) in [5, 5.41) is 0. The average Bonchev–Trinajstić information content (AvgIpc) is 3.27. The zero-order valence-electron chi connectivity index (χ0n) is 40.6. The Bertz CT molecular complexity index is 1220. The maximum Gasteiger partial charge on any atom is 0.472 e. The van der Waals surface area contributed by atoms with Crippen LogP contribution in [0.1, 0.15) is 232 Å². The first kappa shape index (κ1) is 60.7. The molecule has 0 aromatic rings. The lowest BCUT2D eigenvalue weighted by molar-refractivity contribution is -0.161. The van der Waals surface area contributed by atoms with Gasteiger partial charge >= 0.3 is 19.8 Å². The fourth-order valence-electron chi connectivity index (χ4n) is 7.03. The molecule has 9 nitrogen and oxygen atoms in total. The van der Waals surface area contributed by atoms with E-state index in [-0.39, 0.29) is 32.6 Å². The van der Waals surface area contributed by atoms with Crippen LogP contribution in [0.2, 0.25) is 0 Å². The predicted octanol–water partition coefficient (Wildman–Crippen LogP) is 15.6. The van der Waals surface area contributed by atoms with E-state index in [0.717, 1.165) is 44.9 Å². The highest BCUT2D eigenvalue weighted by Gasteiger charge is 2.26. The number of phosphoric ester groups is 1. The lowest BCUT2D eigenvalue weighted by Crippen LogP contribution is -2.29. The normalized spacial score (nSPS) is 13.7. The molecule has 0 aliphatic heterocycles. The van der Waals surface area contributed by atoms with Crippen molar-refractivity contribution in [1.82, 2.24) is 0 Å². The van der Waals surface area contributed by atoms with Gasteiger partial charge in [-0.1, -0.05) is 203 Å². The highest BCUT2D eigenvalue weighted by Crippen LogP contribution is 2.43. The standard InChI is InChI=1S/C53H96NO8P/c1-3-5-7-9-11-13-15-17-19-21-23-25-27-29-31-33-35-37-39-41-43-45-52(55)59-49-51(50-61-63(57,58)60-48-47-54)62-53(56)46-44-42-40-38-36-34-32-30-28-26-24-22-20-18-16-14-12-10-8-6-4-2/h18-21,25,27,31,33,37,39,51H,3-17,22-24,26,28-30,32,34-36,38,40-50,54H2,1-2H3,(H,57,58)/b20-18+,21-19+,27-25+,33-31+,39-37+/t51-/m1/s1. The number of hydrogen-bond acceptors (Lipinski definition) is 8. The summed E-state index contributed by atoms with van der Waals surface area (Å²) in [6, 6.07) is 0. The van der Waals surface area contributed by atoms with Crippen LogP contribution in [0, 0.1) is 0 Å². The monoisotopic (exact) mass is 906 g/mol. The summed E-state index contributed by atoms with van der Waals surface area (Å²) in [7, 11) is -4.40. The minimum Gasteiger partial charge on any atom is -0.462 e. The second kappa shape index (κ2) is 49.2. The van der Waals surface area contributed by atoms with Gasteiger partial charge < -0.3 is 20.1 Å². The Hall–Kier alpha value is -2.29. The first-order chi connectivity index (χ1) is 30.8. The SMILES string of the molecule is CCCCCCCC/C=C/CCCCCCCCCCCCCC(=O)O[C@H](COC(=O)CCC/C=C/C/C=C/C/C=C/C/C=C/CCCCCCCCC)COP(=O)(O)OCCN. The van der Waals surface area contributed by atoms with E-state index in [9.17, 15) is 19.0 Å². The number of unbranched alkanes of at least 4 members (excludes halogenated alkanes) is 25. The molecule has 0 radical (unpaired) electrons. The Morgan fingerprint density at radius 2 is 0.841 bits per heavy atom. The van der Waals surface area contributed by atoms with Gasteiger partial charge in [-0.2, -0.15) is 0 Å². The van der Waals surface area contributed by atoms with E-state index in [2.05, 4.69) is 74.6 Å². The molecule has 0 heterocycles. The minimum absolute atomic E-state index is 0.0445. The van der Waals surface area contributed by atoms with Gasteiger partial charge in [-0.3, -0.25) is 18.6 Å². The van der Waals surface area contributed by atoms with Crippen LogP contribution < -0.4 is 5.73 Å². The van der Waals surface area contributed by atoms with Crippen molar-refractivity contribution in [1.29, 1.82) is 0 Å². The van der Waals surface area contributed by atoms with Crippen molar-refractivity contribution in [3.63, 3.8) is 0 Å². The number of carbonyl (C=O) groups is 2. The summed E-state index contributed by atoms with van der Waals surface area (Å²) in [6.45, 7) is 3.69. The van der Waals surface area contributed by atoms with Crippen LogP contribution in [0.15, 0.2) is 60.8 Å². The zero-order chi connectivity index (χ0) is 46.0. The first-order valence-electron chi connectivity index (χ1n) is 25.8. The first-order valence-corrected chi connectivity index (χ1v) is 27.3. The summed E-state index contributed by atoms with van der Waals surface area (Å²) >= 11 is 0. The molecule has 63 heavy (non-hydrogen) atoms. The molecule has 3 N–H and O–H groups in total. The second-order valence-corrected chi connectivity index (χ2v) is 18.5. The molecule has 0 aromatic carbocycles. The summed E-state index contributed by atoms with van der Waals surface area (Å²) in [4.78, 5) is 35.0. The minimum atomic E-state index is -4.40. The van der Waals surface area contributed by atoms with Crippen molar-refractivity contribution < 1.29 is 37.6 Å². The second-order valence-electron chi connectivity index (χ2n) is 17.0. The Labute approximate surface area is 387 Å². The third-order valence-corrected chi connectivity index (χ3v) is 11.9. The lowest BCUT2D eigenvalue weighted by Gasteiger charge is -2.19. The number of rotatable bonds is 48. The van der Waals surface area contributed by atoms with E-state index in [1.54, 1.807) is 0 Å². The van der Waals surface area contributed by atoms with Gasteiger partial charge in [0.1, 0.15) is 6.61 Å². The van der Waals surface area contributed by atoms with Gasteiger partial charge in [-0.05, 0) is 77.0 Å². The molecule has 0 aliphatic rings. The van der Waals surface area contributed by atoms with Crippen molar-refractivity contribution in [3.05, 3.63) is 60.8 Å². The molecule has 0 saturated heterocycles. The van der Waals surface area contributed by atoms with E-state index in [1.807, 2.05) is 0 Å². The third-order valence-electron chi connectivity index (χ3n) is 10.9. The van der Waals surface area contributed by atoms with Crippen LogP contribution in [0.3, 0.4) is 0 Å².